The summed E-state index contributed by atoms with van der Waals surface area (Å²) in [4.78, 5) is 22.4. The molecule has 0 bridgehead atoms. The Morgan fingerprint density at radius 2 is 2.42 bits per heavy atom. The molecule has 0 radical (unpaired) electrons. The maximum absolute atomic E-state index is 12.9. The lowest BCUT2D eigenvalue weighted by Gasteiger charge is -2.24. The van der Waals surface area contributed by atoms with Crippen molar-refractivity contribution in [1.29, 1.82) is 0 Å². The van der Waals surface area contributed by atoms with Crippen molar-refractivity contribution < 1.29 is 4.79 Å². The number of aryl methyl sites for hydroxylation is 1. The van der Waals surface area contributed by atoms with Crippen molar-refractivity contribution in [2.75, 3.05) is 6.54 Å². The van der Waals surface area contributed by atoms with Crippen LogP contribution in [0.2, 0.25) is 0 Å². The van der Waals surface area contributed by atoms with Gasteiger partial charge in [0.05, 0.1) is 23.3 Å². The molecule has 7 heteroatoms. The van der Waals surface area contributed by atoms with Crippen LogP contribution in [0.1, 0.15) is 28.3 Å². The Hall–Kier alpha value is -2.41. The van der Waals surface area contributed by atoms with Crippen LogP contribution in [0, 0.1) is 6.92 Å². The molecule has 1 aliphatic heterocycles. The fourth-order valence-electron chi connectivity index (χ4n) is 3.23. The molecule has 24 heavy (non-hydrogen) atoms. The van der Waals surface area contributed by atoms with Crippen molar-refractivity contribution in [3.05, 3.63) is 46.8 Å². The first-order valence-corrected chi connectivity index (χ1v) is 8.98. The highest BCUT2D eigenvalue weighted by Gasteiger charge is 2.30. The van der Waals surface area contributed by atoms with E-state index in [4.69, 9.17) is 0 Å². The van der Waals surface area contributed by atoms with Gasteiger partial charge in [0.2, 0.25) is 0 Å². The molecule has 1 amide bonds. The summed E-state index contributed by atoms with van der Waals surface area (Å²) >= 11 is 1.61. The molecule has 3 aromatic rings. The number of hydrogen-bond acceptors (Lipinski definition) is 4. The molecule has 4 heterocycles. The summed E-state index contributed by atoms with van der Waals surface area (Å²) in [7, 11) is 0. The van der Waals surface area contributed by atoms with Gasteiger partial charge < -0.3 is 9.88 Å². The Morgan fingerprint density at radius 1 is 1.50 bits per heavy atom. The first-order valence-electron chi connectivity index (χ1n) is 8.10. The Kier molecular flexibility index (Phi) is 3.93. The van der Waals surface area contributed by atoms with Crippen LogP contribution in [0.4, 0.5) is 0 Å². The largest absolute Gasteiger partial charge is 0.357 e. The van der Waals surface area contributed by atoms with E-state index in [0.717, 1.165) is 42.2 Å². The number of hydrogen-bond donors (Lipinski definition) is 1. The van der Waals surface area contributed by atoms with Crippen LogP contribution < -0.4 is 0 Å². The summed E-state index contributed by atoms with van der Waals surface area (Å²) in [6.45, 7) is 3.53. The van der Waals surface area contributed by atoms with Crippen molar-refractivity contribution in [2.24, 2.45) is 0 Å². The summed E-state index contributed by atoms with van der Waals surface area (Å²) in [5.74, 6) is 0.0582. The number of amides is 1. The summed E-state index contributed by atoms with van der Waals surface area (Å²) in [5, 5.41) is 7.30. The molecule has 1 fully saturated rings. The van der Waals surface area contributed by atoms with Gasteiger partial charge in [-0.1, -0.05) is 0 Å². The molecule has 6 nitrogen and oxygen atoms in total. The summed E-state index contributed by atoms with van der Waals surface area (Å²) in [6, 6.07) is 4.01. The third-order valence-electron chi connectivity index (χ3n) is 4.42. The quantitative estimate of drug-likeness (QED) is 0.793. The average molecular weight is 341 g/mol. The van der Waals surface area contributed by atoms with Crippen LogP contribution in [0.25, 0.3) is 11.3 Å². The summed E-state index contributed by atoms with van der Waals surface area (Å²) < 4.78 is 1.90. The molecule has 1 N–H and O–H groups in total. The molecule has 1 unspecified atom stereocenters. The van der Waals surface area contributed by atoms with E-state index in [1.165, 1.54) is 0 Å². The van der Waals surface area contributed by atoms with Gasteiger partial charge in [-0.3, -0.25) is 9.48 Å². The van der Waals surface area contributed by atoms with Gasteiger partial charge >= 0.3 is 0 Å². The average Bonchev–Trinajstić information content (AvgIpc) is 3.35. The maximum Gasteiger partial charge on any atom is 0.270 e. The zero-order valence-corrected chi connectivity index (χ0v) is 14.3. The van der Waals surface area contributed by atoms with Crippen LogP contribution in [0.15, 0.2) is 36.1 Å². The fourth-order valence-corrected chi connectivity index (χ4v) is 3.86. The van der Waals surface area contributed by atoms with Crippen molar-refractivity contribution in [3.63, 3.8) is 0 Å². The lowest BCUT2D eigenvalue weighted by Crippen LogP contribution is -2.38. The molecule has 0 aliphatic carbocycles. The zero-order valence-electron chi connectivity index (χ0n) is 13.5. The molecule has 124 valence electrons. The van der Waals surface area contributed by atoms with E-state index in [-0.39, 0.29) is 11.9 Å². The molecule has 0 saturated carbocycles. The third-order valence-corrected chi connectivity index (χ3v) is 5.20. The number of aromatic amines is 1. The molecule has 0 spiro atoms. The molecule has 0 aromatic carbocycles. The van der Waals surface area contributed by atoms with Crippen molar-refractivity contribution >= 4 is 17.2 Å². The highest BCUT2D eigenvalue weighted by Crippen LogP contribution is 2.25. The van der Waals surface area contributed by atoms with Crippen LogP contribution in [-0.2, 0) is 6.54 Å². The van der Waals surface area contributed by atoms with Gasteiger partial charge in [-0.25, -0.2) is 4.98 Å². The summed E-state index contributed by atoms with van der Waals surface area (Å²) in [6.07, 6.45) is 7.63. The van der Waals surface area contributed by atoms with Gasteiger partial charge in [-0.05, 0) is 31.9 Å². The highest BCUT2D eigenvalue weighted by molar-refractivity contribution is 7.09. The fraction of sp³-hybridized carbons (Fsp3) is 0.353. The smallest absolute Gasteiger partial charge is 0.270 e. The third kappa shape index (κ3) is 2.87. The van der Waals surface area contributed by atoms with E-state index in [0.29, 0.717) is 5.69 Å². The minimum Gasteiger partial charge on any atom is -0.357 e. The summed E-state index contributed by atoms with van der Waals surface area (Å²) in [5.41, 5.74) is 2.51. The highest BCUT2D eigenvalue weighted by atomic mass is 32.1. The van der Waals surface area contributed by atoms with Crippen molar-refractivity contribution in [2.45, 2.75) is 32.4 Å². The second kappa shape index (κ2) is 6.24. The lowest BCUT2D eigenvalue weighted by atomic mass is 10.2. The Balaban J connectivity index is 1.51. The van der Waals surface area contributed by atoms with E-state index >= 15 is 0 Å². The van der Waals surface area contributed by atoms with Gasteiger partial charge in [0.15, 0.2) is 0 Å². The lowest BCUT2D eigenvalue weighted by molar-refractivity contribution is 0.0716. The predicted octanol–water partition coefficient (Wildman–Crippen LogP) is 2.95. The number of rotatable bonds is 4. The SMILES string of the molecule is Cc1nc(-c2c[nH]c(C(=O)N3CCCC3Cn3cccn3)c2)cs1. The molecular formula is C17H19N5OS. The number of carbonyl (C=O) groups is 1. The molecular weight excluding hydrogens is 322 g/mol. The Labute approximate surface area is 144 Å². The van der Waals surface area contributed by atoms with E-state index < -0.39 is 0 Å². The molecule has 4 rings (SSSR count). The van der Waals surface area contributed by atoms with Crippen LogP contribution in [0.3, 0.4) is 0 Å². The van der Waals surface area contributed by atoms with E-state index in [2.05, 4.69) is 15.1 Å². The van der Waals surface area contributed by atoms with Gasteiger partial charge in [-0.2, -0.15) is 5.10 Å². The Bertz CT molecular complexity index is 835. The Morgan fingerprint density at radius 3 is 3.17 bits per heavy atom. The standard InChI is InChI=1S/C17H19N5OS/c1-12-20-16(11-24-12)13-8-15(18-9-13)17(23)22-7-2-4-14(22)10-21-6-3-5-19-21/h3,5-6,8-9,11,14,18H,2,4,7,10H2,1H3. The second-order valence-electron chi connectivity index (χ2n) is 6.08. The minimum absolute atomic E-state index is 0.0582. The van der Waals surface area contributed by atoms with Crippen LogP contribution >= 0.6 is 11.3 Å². The molecule has 3 aromatic heterocycles. The molecule has 1 atom stereocenters. The van der Waals surface area contributed by atoms with Gasteiger partial charge in [0.1, 0.15) is 5.69 Å². The number of nitrogens with zero attached hydrogens (tertiary/aromatic N) is 4. The zero-order chi connectivity index (χ0) is 16.5. The normalized spacial score (nSPS) is 17.5. The number of carbonyl (C=O) groups excluding carboxylic acids is 1. The number of H-pyrrole nitrogens is 1. The molecule has 1 aliphatic rings. The predicted molar refractivity (Wildman–Crippen MR) is 92.9 cm³/mol. The second-order valence-corrected chi connectivity index (χ2v) is 7.14. The van der Waals surface area contributed by atoms with Crippen molar-refractivity contribution in [1.82, 2.24) is 24.6 Å². The van der Waals surface area contributed by atoms with Gasteiger partial charge in [0, 0.05) is 36.1 Å². The maximum atomic E-state index is 12.9. The first kappa shape index (κ1) is 15.1. The minimum atomic E-state index is 0.0582. The van der Waals surface area contributed by atoms with E-state index in [9.17, 15) is 4.79 Å². The van der Waals surface area contributed by atoms with Gasteiger partial charge in [-0.15, -0.1) is 11.3 Å². The van der Waals surface area contributed by atoms with Crippen LogP contribution in [-0.4, -0.2) is 43.1 Å². The number of likely N-dealkylation sites (tertiary alicyclic amines) is 1. The molecule has 1 saturated heterocycles. The number of thiazole rings is 1. The van der Waals surface area contributed by atoms with Gasteiger partial charge in [0.25, 0.3) is 5.91 Å². The monoisotopic (exact) mass is 341 g/mol. The number of nitrogens with one attached hydrogen (secondary N) is 1. The topological polar surface area (TPSA) is 66.8 Å². The number of aromatic nitrogens is 4. The first-order chi connectivity index (χ1) is 11.7. The van der Waals surface area contributed by atoms with Crippen LogP contribution in [0.5, 0.6) is 0 Å². The van der Waals surface area contributed by atoms with E-state index in [1.807, 2.05) is 46.4 Å². The van der Waals surface area contributed by atoms with Crippen molar-refractivity contribution in [3.8, 4) is 11.3 Å². The van der Waals surface area contributed by atoms with E-state index in [1.54, 1.807) is 17.5 Å².